The SMILES string of the molecule is Nc1cccc(NCc2cccc(CNc3cccc(N)c3)c2)c1. The topological polar surface area (TPSA) is 76.1 Å². The van der Waals surface area contributed by atoms with Gasteiger partial charge in [0.1, 0.15) is 0 Å². The number of benzene rings is 3. The number of nitrogens with two attached hydrogens (primary N) is 2. The van der Waals surface area contributed by atoms with Crippen LogP contribution in [0.1, 0.15) is 11.1 Å². The molecule has 0 amide bonds. The van der Waals surface area contributed by atoms with Crippen LogP contribution < -0.4 is 22.1 Å². The molecular formula is C20H22N4. The summed E-state index contributed by atoms with van der Waals surface area (Å²) >= 11 is 0. The van der Waals surface area contributed by atoms with E-state index in [1.54, 1.807) is 0 Å². The van der Waals surface area contributed by atoms with Gasteiger partial charge in [-0.05, 0) is 47.5 Å². The first-order valence-corrected chi connectivity index (χ1v) is 7.96. The Morgan fingerprint density at radius 3 is 1.50 bits per heavy atom. The summed E-state index contributed by atoms with van der Waals surface area (Å²) in [5.41, 5.74) is 17.6. The summed E-state index contributed by atoms with van der Waals surface area (Å²) in [7, 11) is 0. The van der Waals surface area contributed by atoms with Crippen LogP contribution in [0.2, 0.25) is 0 Å². The Balaban J connectivity index is 1.59. The quantitative estimate of drug-likeness (QED) is 0.517. The van der Waals surface area contributed by atoms with Gasteiger partial charge in [-0.3, -0.25) is 0 Å². The molecule has 0 unspecified atom stereocenters. The normalized spacial score (nSPS) is 10.3. The highest BCUT2D eigenvalue weighted by Gasteiger charge is 1.99. The zero-order valence-electron chi connectivity index (χ0n) is 13.5. The van der Waals surface area contributed by atoms with E-state index in [-0.39, 0.29) is 0 Å². The smallest absolute Gasteiger partial charge is 0.0400 e. The third-order valence-corrected chi connectivity index (χ3v) is 3.76. The van der Waals surface area contributed by atoms with Gasteiger partial charge in [0, 0.05) is 35.8 Å². The maximum Gasteiger partial charge on any atom is 0.0400 e. The summed E-state index contributed by atoms with van der Waals surface area (Å²) in [6.45, 7) is 1.52. The molecule has 6 N–H and O–H groups in total. The number of hydrogen-bond donors (Lipinski definition) is 4. The molecule has 3 aromatic rings. The number of hydrogen-bond acceptors (Lipinski definition) is 4. The third-order valence-electron chi connectivity index (χ3n) is 3.76. The zero-order chi connectivity index (χ0) is 16.8. The van der Waals surface area contributed by atoms with Crippen LogP contribution in [0.3, 0.4) is 0 Å². The number of anilines is 4. The Morgan fingerprint density at radius 1 is 0.583 bits per heavy atom. The van der Waals surface area contributed by atoms with E-state index in [9.17, 15) is 0 Å². The fourth-order valence-electron chi connectivity index (χ4n) is 2.56. The first-order chi connectivity index (χ1) is 11.7. The highest BCUT2D eigenvalue weighted by Crippen LogP contribution is 2.16. The van der Waals surface area contributed by atoms with Crippen molar-refractivity contribution in [2.24, 2.45) is 0 Å². The van der Waals surface area contributed by atoms with Gasteiger partial charge in [-0.1, -0.05) is 36.4 Å². The highest BCUT2D eigenvalue weighted by atomic mass is 14.9. The van der Waals surface area contributed by atoms with Crippen molar-refractivity contribution >= 4 is 22.7 Å². The van der Waals surface area contributed by atoms with Crippen LogP contribution >= 0.6 is 0 Å². The molecule has 4 nitrogen and oxygen atoms in total. The number of rotatable bonds is 6. The van der Waals surface area contributed by atoms with E-state index in [4.69, 9.17) is 11.5 Å². The van der Waals surface area contributed by atoms with Gasteiger partial charge >= 0.3 is 0 Å². The molecule has 0 spiro atoms. The fraction of sp³-hybridized carbons (Fsp3) is 0.100. The lowest BCUT2D eigenvalue weighted by atomic mass is 10.1. The summed E-state index contributed by atoms with van der Waals surface area (Å²) in [6, 6.07) is 24.1. The molecule has 0 aliphatic carbocycles. The van der Waals surface area contributed by atoms with Crippen molar-refractivity contribution in [3.05, 3.63) is 83.9 Å². The molecule has 0 saturated carbocycles. The molecular weight excluding hydrogens is 296 g/mol. The van der Waals surface area contributed by atoms with Crippen molar-refractivity contribution in [2.75, 3.05) is 22.1 Å². The predicted octanol–water partition coefficient (Wildman–Crippen LogP) is 4.08. The van der Waals surface area contributed by atoms with Gasteiger partial charge in [-0.2, -0.15) is 0 Å². The first kappa shape index (κ1) is 15.7. The molecule has 3 rings (SSSR count). The standard InChI is InChI=1S/C20H22N4/c21-17-6-2-8-19(11-17)23-13-15-4-1-5-16(10-15)14-24-20-9-3-7-18(22)12-20/h1-12,23-24H,13-14,21-22H2. The van der Waals surface area contributed by atoms with Crippen molar-refractivity contribution in [3.8, 4) is 0 Å². The Kier molecular flexibility index (Phi) is 4.87. The molecule has 0 saturated heterocycles. The lowest BCUT2D eigenvalue weighted by Crippen LogP contribution is -2.03. The van der Waals surface area contributed by atoms with Crippen LogP contribution in [0.4, 0.5) is 22.7 Å². The molecule has 3 aromatic carbocycles. The molecule has 24 heavy (non-hydrogen) atoms. The van der Waals surface area contributed by atoms with E-state index in [0.29, 0.717) is 0 Å². The van der Waals surface area contributed by atoms with E-state index in [2.05, 4.69) is 34.9 Å². The summed E-state index contributed by atoms with van der Waals surface area (Å²) < 4.78 is 0. The Bertz CT molecular complexity index is 749. The largest absolute Gasteiger partial charge is 0.399 e. The third kappa shape index (κ3) is 4.43. The van der Waals surface area contributed by atoms with Crippen LogP contribution in [-0.2, 0) is 13.1 Å². The molecule has 0 aliphatic heterocycles. The minimum Gasteiger partial charge on any atom is -0.399 e. The van der Waals surface area contributed by atoms with Crippen LogP contribution in [-0.4, -0.2) is 0 Å². The van der Waals surface area contributed by atoms with Gasteiger partial charge in [0.05, 0.1) is 0 Å². The molecule has 0 aliphatic rings. The molecule has 0 atom stereocenters. The van der Waals surface area contributed by atoms with Gasteiger partial charge in [0.25, 0.3) is 0 Å². The van der Waals surface area contributed by atoms with E-state index < -0.39 is 0 Å². The van der Waals surface area contributed by atoms with E-state index in [1.165, 1.54) is 11.1 Å². The van der Waals surface area contributed by atoms with Crippen LogP contribution in [0.5, 0.6) is 0 Å². The zero-order valence-corrected chi connectivity index (χ0v) is 13.5. The molecule has 0 bridgehead atoms. The highest BCUT2D eigenvalue weighted by molar-refractivity contribution is 5.55. The van der Waals surface area contributed by atoms with Crippen LogP contribution in [0.25, 0.3) is 0 Å². The maximum atomic E-state index is 5.80. The van der Waals surface area contributed by atoms with Gasteiger partial charge in [-0.15, -0.1) is 0 Å². The first-order valence-electron chi connectivity index (χ1n) is 7.96. The van der Waals surface area contributed by atoms with Gasteiger partial charge < -0.3 is 22.1 Å². The van der Waals surface area contributed by atoms with E-state index >= 15 is 0 Å². The Morgan fingerprint density at radius 2 is 1.04 bits per heavy atom. The molecule has 0 fully saturated rings. The fourth-order valence-corrected chi connectivity index (χ4v) is 2.56. The van der Waals surface area contributed by atoms with E-state index in [1.807, 2.05) is 48.5 Å². The second kappa shape index (κ2) is 7.42. The molecule has 122 valence electrons. The van der Waals surface area contributed by atoms with E-state index in [0.717, 1.165) is 35.8 Å². The molecule has 0 heterocycles. The molecule has 0 radical (unpaired) electrons. The Hall–Kier alpha value is -3.14. The van der Waals surface area contributed by atoms with Gasteiger partial charge in [0.2, 0.25) is 0 Å². The summed E-state index contributed by atoms with van der Waals surface area (Å²) in [5.74, 6) is 0. The van der Waals surface area contributed by atoms with Crippen LogP contribution in [0, 0.1) is 0 Å². The average molecular weight is 318 g/mol. The summed E-state index contributed by atoms with van der Waals surface area (Å²) in [6.07, 6.45) is 0. The predicted molar refractivity (Wildman–Crippen MR) is 103 cm³/mol. The van der Waals surface area contributed by atoms with Crippen molar-refractivity contribution in [3.63, 3.8) is 0 Å². The average Bonchev–Trinajstić information content (AvgIpc) is 2.59. The summed E-state index contributed by atoms with van der Waals surface area (Å²) in [5, 5.41) is 6.79. The number of nitrogens with one attached hydrogen (secondary N) is 2. The monoisotopic (exact) mass is 318 g/mol. The lowest BCUT2D eigenvalue weighted by Gasteiger charge is -2.10. The van der Waals surface area contributed by atoms with Crippen LogP contribution in [0.15, 0.2) is 72.8 Å². The van der Waals surface area contributed by atoms with Gasteiger partial charge in [0.15, 0.2) is 0 Å². The lowest BCUT2D eigenvalue weighted by molar-refractivity contribution is 1.10. The van der Waals surface area contributed by atoms with Crippen molar-refractivity contribution in [1.29, 1.82) is 0 Å². The second-order valence-electron chi connectivity index (χ2n) is 5.78. The summed E-state index contributed by atoms with van der Waals surface area (Å²) in [4.78, 5) is 0. The molecule has 4 heteroatoms. The Labute approximate surface area is 142 Å². The van der Waals surface area contributed by atoms with Crippen molar-refractivity contribution < 1.29 is 0 Å². The van der Waals surface area contributed by atoms with Gasteiger partial charge in [-0.25, -0.2) is 0 Å². The van der Waals surface area contributed by atoms with Crippen molar-refractivity contribution in [1.82, 2.24) is 0 Å². The molecule has 0 aromatic heterocycles. The minimum atomic E-state index is 0.760. The minimum absolute atomic E-state index is 0.760. The van der Waals surface area contributed by atoms with Crippen molar-refractivity contribution in [2.45, 2.75) is 13.1 Å². The maximum absolute atomic E-state index is 5.80. The number of nitrogen functional groups attached to an aromatic ring is 2. The second-order valence-corrected chi connectivity index (χ2v) is 5.78.